The van der Waals surface area contributed by atoms with Crippen LogP contribution in [0.1, 0.15) is 11.4 Å². The van der Waals surface area contributed by atoms with E-state index >= 15 is 0 Å². The third kappa shape index (κ3) is 2.83. The van der Waals surface area contributed by atoms with Crippen molar-refractivity contribution >= 4 is 50.2 Å². The molecule has 0 spiro atoms. The van der Waals surface area contributed by atoms with Crippen LogP contribution in [0.2, 0.25) is 5.02 Å². The van der Waals surface area contributed by atoms with E-state index in [4.69, 9.17) is 28.2 Å². The van der Waals surface area contributed by atoms with Crippen molar-refractivity contribution in [1.82, 2.24) is 9.55 Å². The van der Waals surface area contributed by atoms with Gasteiger partial charge in [0.1, 0.15) is 5.82 Å². The minimum absolute atomic E-state index is 0.524. The van der Waals surface area contributed by atoms with E-state index < -0.39 is 0 Å². The summed E-state index contributed by atoms with van der Waals surface area (Å²) >= 11 is 15.8. The smallest absolute Gasteiger partial charge is 0.115 e. The Balaban J connectivity index is 2.30. The van der Waals surface area contributed by atoms with Crippen LogP contribution in [0.15, 0.2) is 40.9 Å². The van der Waals surface area contributed by atoms with Gasteiger partial charge in [0.05, 0.1) is 21.7 Å². The normalized spacial score (nSPS) is 11.2. The molecular formula is C16H13BrCl2N2. The van der Waals surface area contributed by atoms with Crippen molar-refractivity contribution in [1.29, 1.82) is 0 Å². The molecule has 0 radical (unpaired) electrons. The molecule has 0 aliphatic rings. The Morgan fingerprint density at radius 1 is 1.19 bits per heavy atom. The van der Waals surface area contributed by atoms with Crippen LogP contribution in [0, 0.1) is 6.92 Å². The number of hydrogen-bond donors (Lipinski definition) is 0. The van der Waals surface area contributed by atoms with Crippen molar-refractivity contribution < 1.29 is 0 Å². The summed E-state index contributed by atoms with van der Waals surface area (Å²) < 4.78 is 3.04. The first-order valence-electron chi connectivity index (χ1n) is 6.59. The Morgan fingerprint density at radius 2 is 2.00 bits per heavy atom. The Labute approximate surface area is 141 Å². The zero-order valence-corrected chi connectivity index (χ0v) is 14.5. The molecule has 1 heterocycles. The topological polar surface area (TPSA) is 17.8 Å². The zero-order chi connectivity index (χ0) is 15.0. The van der Waals surface area contributed by atoms with Crippen molar-refractivity contribution in [3.05, 3.63) is 57.3 Å². The lowest BCUT2D eigenvalue weighted by Gasteiger charge is -2.11. The maximum Gasteiger partial charge on any atom is 0.115 e. The Bertz CT molecular complexity index is 811. The monoisotopic (exact) mass is 382 g/mol. The lowest BCUT2D eigenvalue weighted by Crippen LogP contribution is -2.02. The summed E-state index contributed by atoms with van der Waals surface area (Å²) in [6.45, 7) is 2.06. The summed E-state index contributed by atoms with van der Waals surface area (Å²) in [6, 6.07) is 12.1. The fourth-order valence-electron chi connectivity index (χ4n) is 2.42. The number of halogens is 3. The van der Waals surface area contributed by atoms with E-state index in [0.29, 0.717) is 17.3 Å². The summed E-state index contributed by atoms with van der Waals surface area (Å²) in [5.41, 5.74) is 4.12. The third-order valence-corrected chi connectivity index (χ3v) is 4.33. The minimum Gasteiger partial charge on any atom is -0.295 e. The number of alkyl halides is 1. The van der Waals surface area contributed by atoms with Crippen molar-refractivity contribution in [2.45, 2.75) is 13.3 Å². The molecule has 5 heteroatoms. The molecule has 2 nitrogen and oxygen atoms in total. The number of fused-ring (bicyclic) bond motifs is 1. The number of rotatable bonds is 3. The molecule has 0 saturated carbocycles. The molecule has 21 heavy (non-hydrogen) atoms. The first-order chi connectivity index (χ1) is 10.1. The molecule has 3 rings (SSSR count). The fourth-order valence-corrected chi connectivity index (χ4v) is 3.35. The third-order valence-electron chi connectivity index (χ3n) is 3.35. The average molecular weight is 384 g/mol. The molecule has 0 bridgehead atoms. The molecule has 0 unspecified atom stereocenters. The molecular weight excluding hydrogens is 371 g/mol. The van der Waals surface area contributed by atoms with Gasteiger partial charge in [-0.25, -0.2) is 4.98 Å². The highest BCUT2D eigenvalue weighted by Crippen LogP contribution is 2.30. The summed E-state index contributed by atoms with van der Waals surface area (Å²) in [5, 5.41) is 0.681. The van der Waals surface area contributed by atoms with Crippen LogP contribution in [0.25, 0.3) is 16.7 Å². The van der Waals surface area contributed by atoms with Gasteiger partial charge in [0.25, 0.3) is 0 Å². The van der Waals surface area contributed by atoms with Gasteiger partial charge >= 0.3 is 0 Å². The number of aryl methyl sites for hydroxylation is 2. The van der Waals surface area contributed by atoms with Gasteiger partial charge in [-0.2, -0.15) is 0 Å². The predicted molar refractivity (Wildman–Crippen MR) is 92.9 cm³/mol. The van der Waals surface area contributed by atoms with Gasteiger partial charge in [0.2, 0.25) is 0 Å². The zero-order valence-electron chi connectivity index (χ0n) is 11.4. The summed E-state index contributed by atoms with van der Waals surface area (Å²) in [7, 11) is 0. The first kappa shape index (κ1) is 14.9. The van der Waals surface area contributed by atoms with Crippen molar-refractivity contribution in [3.8, 4) is 5.69 Å². The van der Waals surface area contributed by atoms with Gasteiger partial charge < -0.3 is 0 Å². The molecule has 1 aromatic heterocycles. The molecule has 0 saturated heterocycles. The van der Waals surface area contributed by atoms with Gasteiger partial charge in [-0.1, -0.05) is 33.6 Å². The summed E-state index contributed by atoms with van der Waals surface area (Å²) in [6.07, 6.45) is 0.696. The van der Waals surface area contributed by atoms with E-state index in [0.717, 1.165) is 27.0 Å². The van der Waals surface area contributed by atoms with Crippen LogP contribution in [0.5, 0.6) is 0 Å². The van der Waals surface area contributed by atoms with Gasteiger partial charge in [-0.3, -0.25) is 4.57 Å². The summed E-state index contributed by atoms with van der Waals surface area (Å²) in [4.78, 5) is 4.71. The molecule has 0 fully saturated rings. The molecule has 0 N–H and O–H groups in total. The van der Waals surface area contributed by atoms with Crippen molar-refractivity contribution in [2.75, 3.05) is 5.88 Å². The standard InChI is InChI=1S/C16H13BrCl2N2/c1-10-2-4-15-13(8-10)20-16(6-7-18)21(15)14-5-3-11(17)9-12(14)19/h2-5,8-9H,6-7H2,1H3. The SMILES string of the molecule is Cc1ccc2c(c1)nc(CCCl)n2-c1ccc(Br)cc1Cl. The van der Waals surface area contributed by atoms with Gasteiger partial charge in [-0.05, 0) is 42.8 Å². The van der Waals surface area contributed by atoms with E-state index in [1.807, 2.05) is 18.2 Å². The van der Waals surface area contributed by atoms with Gasteiger partial charge in [0, 0.05) is 16.8 Å². The van der Waals surface area contributed by atoms with Crippen molar-refractivity contribution in [2.24, 2.45) is 0 Å². The Morgan fingerprint density at radius 3 is 2.71 bits per heavy atom. The van der Waals surface area contributed by atoms with Gasteiger partial charge in [-0.15, -0.1) is 11.6 Å². The average Bonchev–Trinajstić information content (AvgIpc) is 2.76. The minimum atomic E-state index is 0.524. The fraction of sp³-hybridized carbons (Fsp3) is 0.188. The molecule has 108 valence electrons. The van der Waals surface area contributed by atoms with E-state index in [-0.39, 0.29) is 0 Å². The van der Waals surface area contributed by atoms with E-state index in [9.17, 15) is 0 Å². The highest BCUT2D eigenvalue weighted by molar-refractivity contribution is 9.10. The van der Waals surface area contributed by atoms with E-state index in [1.54, 1.807) is 0 Å². The second-order valence-electron chi connectivity index (χ2n) is 4.89. The van der Waals surface area contributed by atoms with Crippen LogP contribution in [0.4, 0.5) is 0 Å². The Kier molecular flexibility index (Phi) is 4.25. The quantitative estimate of drug-likeness (QED) is 0.543. The van der Waals surface area contributed by atoms with Gasteiger partial charge in [0.15, 0.2) is 0 Å². The number of nitrogens with zero attached hydrogens (tertiary/aromatic N) is 2. The largest absolute Gasteiger partial charge is 0.295 e. The van der Waals surface area contributed by atoms with E-state index in [2.05, 4.69) is 45.6 Å². The van der Waals surface area contributed by atoms with Crippen LogP contribution in [-0.4, -0.2) is 15.4 Å². The second-order valence-corrected chi connectivity index (χ2v) is 6.59. The van der Waals surface area contributed by atoms with Crippen molar-refractivity contribution in [3.63, 3.8) is 0 Å². The maximum absolute atomic E-state index is 6.41. The van der Waals surface area contributed by atoms with Crippen LogP contribution in [-0.2, 0) is 6.42 Å². The number of benzene rings is 2. The van der Waals surface area contributed by atoms with Crippen LogP contribution >= 0.6 is 39.1 Å². The van der Waals surface area contributed by atoms with Crippen LogP contribution < -0.4 is 0 Å². The van der Waals surface area contributed by atoms with E-state index in [1.165, 1.54) is 5.56 Å². The highest BCUT2D eigenvalue weighted by Gasteiger charge is 2.14. The highest BCUT2D eigenvalue weighted by atomic mass is 79.9. The lowest BCUT2D eigenvalue weighted by molar-refractivity contribution is 0.912. The lowest BCUT2D eigenvalue weighted by atomic mass is 10.2. The molecule has 3 aromatic rings. The molecule has 0 aliphatic carbocycles. The molecule has 0 amide bonds. The Hall–Kier alpha value is -1.03. The number of imidazole rings is 1. The first-order valence-corrected chi connectivity index (χ1v) is 8.30. The molecule has 0 aliphatic heterocycles. The summed E-state index contributed by atoms with van der Waals surface area (Å²) in [5.74, 6) is 1.45. The predicted octanol–water partition coefficient (Wildman–Crippen LogP) is 5.53. The number of aromatic nitrogens is 2. The molecule has 2 aromatic carbocycles. The second kappa shape index (κ2) is 5.99. The van der Waals surface area contributed by atoms with Crippen LogP contribution in [0.3, 0.4) is 0 Å². The molecule has 0 atom stereocenters. The maximum atomic E-state index is 6.41. The number of hydrogen-bond acceptors (Lipinski definition) is 1.